The van der Waals surface area contributed by atoms with Crippen LogP contribution in [0.2, 0.25) is 0 Å². The van der Waals surface area contributed by atoms with Crippen LogP contribution >= 0.6 is 0 Å². The molecule has 0 fully saturated rings. The fourth-order valence-electron chi connectivity index (χ4n) is 3.09. The number of carbonyl (C=O) groups is 2. The second kappa shape index (κ2) is 8.73. The van der Waals surface area contributed by atoms with Crippen LogP contribution in [0.1, 0.15) is 70.2 Å². The molecule has 0 atom stereocenters. The third-order valence-corrected chi connectivity index (χ3v) is 5.01. The Balaban J connectivity index is 2.50. The first-order chi connectivity index (χ1) is 13.4. The van der Waals surface area contributed by atoms with Crippen LogP contribution in [0, 0.1) is 0 Å². The van der Waals surface area contributed by atoms with Crippen molar-refractivity contribution in [1.29, 1.82) is 0 Å². The quantitative estimate of drug-likeness (QED) is 0.422. The Hall–Kier alpha value is -2.74. The third kappa shape index (κ3) is 6.12. The summed E-state index contributed by atoms with van der Waals surface area (Å²) >= 11 is 0. The first kappa shape index (κ1) is 22.5. The van der Waals surface area contributed by atoms with Gasteiger partial charge >= 0.3 is 0 Å². The van der Waals surface area contributed by atoms with Gasteiger partial charge in [0.1, 0.15) is 0 Å². The number of hydrogen-bond donors (Lipinski definition) is 0. The molecule has 0 aliphatic carbocycles. The molecule has 0 unspecified atom stereocenters. The summed E-state index contributed by atoms with van der Waals surface area (Å²) in [5, 5.41) is 0. The summed E-state index contributed by atoms with van der Waals surface area (Å²) in [5.41, 5.74) is 5.33. The number of ketones is 2. The zero-order chi connectivity index (χ0) is 21.8. The van der Waals surface area contributed by atoms with E-state index in [9.17, 15) is 9.59 Å². The molecule has 0 aliphatic rings. The van der Waals surface area contributed by atoms with Gasteiger partial charge in [0.15, 0.2) is 11.6 Å². The molecule has 0 aliphatic heterocycles. The summed E-state index contributed by atoms with van der Waals surface area (Å²) in [6.07, 6.45) is 2.62. The van der Waals surface area contributed by atoms with E-state index < -0.39 is 0 Å². The van der Waals surface area contributed by atoms with Crippen molar-refractivity contribution in [2.24, 2.45) is 0 Å². The number of allylic oxidation sites excluding steroid dienone is 2. The predicted octanol–water partition coefficient (Wildman–Crippen LogP) is 6.43. The molecule has 0 radical (unpaired) electrons. The van der Waals surface area contributed by atoms with Crippen molar-refractivity contribution in [2.45, 2.75) is 58.8 Å². The van der Waals surface area contributed by atoms with Crippen molar-refractivity contribution in [3.05, 3.63) is 89.5 Å². The Kier molecular flexibility index (Phi) is 6.79. The molecule has 0 amide bonds. The van der Waals surface area contributed by atoms with Gasteiger partial charge in [-0.15, -0.1) is 0 Å². The predicted molar refractivity (Wildman–Crippen MR) is 122 cm³/mol. The minimum Gasteiger partial charge on any atom is -0.294 e. The average molecular weight is 389 g/mol. The van der Waals surface area contributed by atoms with E-state index in [-0.39, 0.29) is 28.8 Å². The Morgan fingerprint density at radius 3 is 1.41 bits per heavy atom. The summed E-state index contributed by atoms with van der Waals surface area (Å²) in [6, 6.07) is 16.6. The SMILES string of the molecule is C=CC(=O)CC(=O)C=C(c1ccc(C(C)(C)C)cc1)c1ccc(C(C)(C)C)cc1. The molecular formula is C27H32O2. The fourth-order valence-corrected chi connectivity index (χ4v) is 3.09. The lowest BCUT2D eigenvalue weighted by Gasteiger charge is -2.21. The van der Waals surface area contributed by atoms with Gasteiger partial charge in [0.05, 0.1) is 6.42 Å². The van der Waals surface area contributed by atoms with E-state index >= 15 is 0 Å². The molecule has 2 rings (SSSR count). The number of hydrogen-bond acceptors (Lipinski definition) is 2. The van der Waals surface area contributed by atoms with Crippen LogP contribution in [0.5, 0.6) is 0 Å². The molecule has 0 aromatic heterocycles. The van der Waals surface area contributed by atoms with Crippen molar-refractivity contribution >= 4 is 17.1 Å². The van der Waals surface area contributed by atoms with Gasteiger partial charge in [0, 0.05) is 0 Å². The number of rotatable bonds is 6. The summed E-state index contributed by atoms with van der Waals surface area (Å²) in [5.74, 6) is -0.485. The molecule has 2 aromatic rings. The molecule has 0 bridgehead atoms. The normalized spacial score (nSPS) is 11.7. The topological polar surface area (TPSA) is 34.1 Å². The van der Waals surface area contributed by atoms with Crippen molar-refractivity contribution in [1.82, 2.24) is 0 Å². The standard InChI is InChI=1S/C27H32O2/c1-8-23(28)17-24(29)18-25(19-9-13-21(14-10-19)26(2,3)4)20-11-15-22(16-12-20)27(5,6)7/h8-16,18H,1,17H2,2-7H3. The maximum absolute atomic E-state index is 12.5. The molecule has 0 heterocycles. The van der Waals surface area contributed by atoms with E-state index in [4.69, 9.17) is 0 Å². The van der Waals surface area contributed by atoms with Crippen LogP contribution in [-0.2, 0) is 20.4 Å². The molecular weight excluding hydrogens is 356 g/mol. The van der Waals surface area contributed by atoms with Crippen LogP contribution in [-0.4, -0.2) is 11.6 Å². The van der Waals surface area contributed by atoms with Gasteiger partial charge in [-0.05, 0) is 50.8 Å². The lowest BCUT2D eigenvalue weighted by molar-refractivity contribution is -0.121. The average Bonchev–Trinajstić information content (AvgIpc) is 2.65. The van der Waals surface area contributed by atoms with E-state index in [1.807, 2.05) is 24.3 Å². The second-order valence-corrected chi connectivity index (χ2v) is 9.53. The zero-order valence-corrected chi connectivity index (χ0v) is 18.5. The highest BCUT2D eigenvalue weighted by molar-refractivity contribution is 6.11. The van der Waals surface area contributed by atoms with Crippen LogP contribution in [0.4, 0.5) is 0 Å². The summed E-state index contributed by atoms with van der Waals surface area (Å²) in [6.45, 7) is 16.5. The van der Waals surface area contributed by atoms with Gasteiger partial charge in [-0.2, -0.15) is 0 Å². The largest absolute Gasteiger partial charge is 0.294 e. The van der Waals surface area contributed by atoms with Gasteiger partial charge in [0.2, 0.25) is 0 Å². The van der Waals surface area contributed by atoms with E-state index in [0.29, 0.717) is 0 Å². The van der Waals surface area contributed by atoms with E-state index in [1.54, 1.807) is 6.08 Å². The minimum absolute atomic E-state index is 0.0585. The molecule has 2 heteroatoms. The van der Waals surface area contributed by atoms with E-state index in [2.05, 4.69) is 72.4 Å². The lowest BCUT2D eigenvalue weighted by atomic mass is 9.84. The molecule has 0 saturated carbocycles. The van der Waals surface area contributed by atoms with E-state index in [0.717, 1.165) is 16.7 Å². The molecule has 152 valence electrons. The highest BCUT2D eigenvalue weighted by Gasteiger charge is 2.17. The van der Waals surface area contributed by atoms with Crippen molar-refractivity contribution in [2.75, 3.05) is 0 Å². The summed E-state index contributed by atoms with van der Waals surface area (Å²) < 4.78 is 0. The third-order valence-electron chi connectivity index (χ3n) is 5.01. The Morgan fingerprint density at radius 2 is 1.10 bits per heavy atom. The fraction of sp³-hybridized carbons (Fsp3) is 0.333. The lowest BCUT2D eigenvalue weighted by Crippen LogP contribution is -2.11. The molecule has 29 heavy (non-hydrogen) atoms. The van der Waals surface area contributed by atoms with Gasteiger partial charge in [-0.3, -0.25) is 9.59 Å². The number of carbonyl (C=O) groups excluding carboxylic acids is 2. The van der Waals surface area contributed by atoms with E-state index in [1.165, 1.54) is 17.2 Å². The van der Waals surface area contributed by atoms with Crippen LogP contribution in [0.15, 0.2) is 67.3 Å². The Bertz CT molecular complexity index is 853. The van der Waals surface area contributed by atoms with Crippen LogP contribution in [0.3, 0.4) is 0 Å². The van der Waals surface area contributed by atoms with Crippen LogP contribution < -0.4 is 0 Å². The first-order valence-corrected chi connectivity index (χ1v) is 10.0. The zero-order valence-electron chi connectivity index (χ0n) is 18.5. The van der Waals surface area contributed by atoms with Gasteiger partial charge in [-0.25, -0.2) is 0 Å². The maximum atomic E-state index is 12.5. The smallest absolute Gasteiger partial charge is 0.164 e. The molecule has 0 N–H and O–H groups in total. The van der Waals surface area contributed by atoms with Crippen molar-refractivity contribution in [3.63, 3.8) is 0 Å². The Morgan fingerprint density at radius 1 is 0.724 bits per heavy atom. The second-order valence-electron chi connectivity index (χ2n) is 9.53. The minimum atomic E-state index is -0.267. The highest BCUT2D eigenvalue weighted by Crippen LogP contribution is 2.30. The molecule has 0 spiro atoms. The molecule has 2 aromatic carbocycles. The maximum Gasteiger partial charge on any atom is 0.164 e. The molecule has 0 saturated heterocycles. The monoisotopic (exact) mass is 388 g/mol. The van der Waals surface area contributed by atoms with Crippen molar-refractivity contribution in [3.8, 4) is 0 Å². The Labute approximate surface area is 175 Å². The van der Waals surface area contributed by atoms with Gasteiger partial charge in [0.25, 0.3) is 0 Å². The number of benzene rings is 2. The first-order valence-electron chi connectivity index (χ1n) is 10.0. The summed E-state index contributed by atoms with van der Waals surface area (Å²) in [7, 11) is 0. The van der Waals surface area contributed by atoms with Crippen molar-refractivity contribution < 1.29 is 9.59 Å². The molecule has 2 nitrogen and oxygen atoms in total. The van der Waals surface area contributed by atoms with Gasteiger partial charge in [-0.1, -0.05) is 96.7 Å². The summed E-state index contributed by atoms with van der Waals surface area (Å²) in [4.78, 5) is 24.1. The highest BCUT2D eigenvalue weighted by atomic mass is 16.1. The van der Waals surface area contributed by atoms with Crippen LogP contribution in [0.25, 0.3) is 5.57 Å². The van der Waals surface area contributed by atoms with Gasteiger partial charge < -0.3 is 0 Å².